The van der Waals surface area contributed by atoms with Crippen molar-refractivity contribution in [3.05, 3.63) is 48.0 Å². The van der Waals surface area contributed by atoms with Crippen molar-refractivity contribution in [2.75, 3.05) is 18.5 Å². The normalized spacial score (nSPS) is 23.5. The molecule has 1 unspecified atom stereocenters. The van der Waals surface area contributed by atoms with Crippen LogP contribution in [-0.4, -0.2) is 66.3 Å². The number of nitrogens with zero attached hydrogens (tertiary/aromatic N) is 5. The smallest absolute Gasteiger partial charge is 0.167 e. The highest BCUT2D eigenvalue weighted by atomic mass is 16.6. The summed E-state index contributed by atoms with van der Waals surface area (Å²) in [5.41, 5.74) is 3.08. The lowest BCUT2D eigenvalue weighted by molar-refractivity contribution is -0.0511. The molecular weight excluding hydrogens is 388 g/mol. The standard InChI is InChI=1S/C20H22N6O4/c21-7-5-12-1-3-13(4-2-12)6-8-22-18-15-19(24-10-23-18)26(11-25-15)20-17(29)16(28)14(9-27)30-20/h1-4,10-11,14,16-17,20,27-29H,5-6,8-9H2,(H,22,23,24)/t14-,16-,17-,20?/m1/s1. The van der Waals surface area contributed by atoms with Crippen molar-refractivity contribution in [1.29, 1.82) is 5.26 Å². The summed E-state index contributed by atoms with van der Waals surface area (Å²) in [5.74, 6) is 0.548. The minimum absolute atomic E-state index is 0.398. The van der Waals surface area contributed by atoms with E-state index in [9.17, 15) is 15.3 Å². The van der Waals surface area contributed by atoms with Crippen LogP contribution in [0.4, 0.5) is 5.82 Å². The zero-order valence-electron chi connectivity index (χ0n) is 16.1. The summed E-state index contributed by atoms with van der Waals surface area (Å²) in [6, 6.07) is 10.0. The molecule has 0 bridgehead atoms. The van der Waals surface area contributed by atoms with Crippen molar-refractivity contribution >= 4 is 17.0 Å². The first-order valence-corrected chi connectivity index (χ1v) is 9.61. The van der Waals surface area contributed by atoms with Gasteiger partial charge in [0.05, 0.1) is 25.4 Å². The summed E-state index contributed by atoms with van der Waals surface area (Å²) in [4.78, 5) is 12.8. The molecule has 0 amide bonds. The van der Waals surface area contributed by atoms with Gasteiger partial charge in [-0.1, -0.05) is 24.3 Å². The molecule has 3 aromatic rings. The average molecular weight is 410 g/mol. The van der Waals surface area contributed by atoms with Gasteiger partial charge in [-0.2, -0.15) is 5.26 Å². The Morgan fingerprint density at radius 1 is 1.10 bits per heavy atom. The highest BCUT2D eigenvalue weighted by Crippen LogP contribution is 2.32. The van der Waals surface area contributed by atoms with Gasteiger partial charge >= 0.3 is 0 Å². The Kier molecular flexibility index (Phi) is 5.87. The lowest BCUT2D eigenvalue weighted by Crippen LogP contribution is -2.33. The quantitative estimate of drug-likeness (QED) is 0.427. The SMILES string of the molecule is N#CCc1ccc(CCNc2ncnc3c2ncn3C2O[C@H](CO)[C@@H](O)[C@H]2O)cc1. The van der Waals surface area contributed by atoms with E-state index in [1.165, 1.54) is 17.2 Å². The third kappa shape index (κ3) is 3.83. The number of ether oxygens (including phenoxy) is 1. The predicted octanol–water partition coefficient (Wildman–Crippen LogP) is 0.158. The van der Waals surface area contributed by atoms with Gasteiger partial charge in [0.1, 0.15) is 24.6 Å². The molecule has 1 fully saturated rings. The maximum Gasteiger partial charge on any atom is 0.167 e. The van der Waals surface area contributed by atoms with E-state index < -0.39 is 31.1 Å². The number of imidazole rings is 1. The maximum atomic E-state index is 10.3. The first kappa shape index (κ1) is 20.2. The highest BCUT2D eigenvalue weighted by molar-refractivity contribution is 5.82. The van der Waals surface area contributed by atoms with Crippen molar-refractivity contribution in [2.45, 2.75) is 37.4 Å². The number of aliphatic hydroxyl groups is 3. The predicted molar refractivity (Wildman–Crippen MR) is 106 cm³/mol. The van der Waals surface area contributed by atoms with Crippen molar-refractivity contribution in [3.8, 4) is 6.07 Å². The second-order valence-electron chi connectivity index (χ2n) is 7.10. The van der Waals surface area contributed by atoms with Gasteiger partial charge in [0.2, 0.25) is 0 Å². The number of rotatable bonds is 7. The maximum absolute atomic E-state index is 10.3. The Morgan fingerprint density at radius 2 is 1.87 bits per heavy atom. The molecule has 0 spiro atoms. The van der Waals surface area contributed by atoms with Crippen molar-refractivity contribution < 1.29 is 20.1 Å². The average Bonchev–Trinajstić information content (AvgIpc) is 3.31. The van der Waals surface area contributed by atoms with Crippen LogP contribution in [0.15, 0.2) is 36.9 Å². The number of nitrogens with one attached hydrogen (secondary N) is 1. The second-order valence-corrected chi connectivity index (χ2v) is 7.10. The monoisotopic (exact) mass is 410 g/mol. The highest BCUT2D eigenvalue weighted by Gasteiger charge is 2.44. The number of anilines is 1. The van der Waals surface area contributed by atoms with E-state index in [2.05, 4.69) is 26.3 Å². The molecule has 1 aliphatic heterocycles. The minimum atomic E-state index is -1.21. The molecule has 1 aromatic carbocycles. The van der Waals surface area contributed by atoms with E-state index in [4.69, 9.17) is 10.00 Å². The summed E-state index contributed by atoms with van der Waals surface area (Å²) in [6.07, 6.45) is -0.173. The fourth-order valence-electron chi connectivity index (χ4n) is 3.52. The first-order valence-electron chi connectivity index (χ1n) is 9.61. The molecule has 1 aliphatic rings. The molecular formula is C20H22N6O4. The number of hydrogen-bond donors (Lipinski definition) is 4. The molecule has 3 heterocycles. The van der Waals surface area contributed by atoms with Crippen LogP contribution in [-0.2, 0) is 17.6 Å². The molecule has 4 N–H and O–H groups in total. The van der Waals surface area contributed by atoms with Crippen LogP contribution in [0.2, 0.25) is 0 Å². The fourth-order valence-corrected chi connectivity index (χ4v) is 3.52. The topological polar surface area (TPSA) is 149 Å². The van der Waals surface area contributed by atoms with Crippen LogP contribution < -0.4 is 5.32 Å². The largest absolute Gasteiger partial charge is 0.394 e. The molecule has 4 atom stereocenters. The van der Waals surface area contributed by atoms with E-state index in [0.717, 1.165) is 17.5 Å². The van der Waals surface area contributed by atoms with Crippen molar-refractivity contribution in [2.24, 2.45) is 0 Å². The third-order valence-corrected chi connectivity index (χ3v) is 5.16. The molecule has 156 valence electrons. The van der Waals surface area contributed by atoms with Gasteiger partial charge < -0.3 is 25.4 Å². The number of fused-ring (bicyclic) bond motifs is 1. The summed E-state index contributed by atoms with van der Waals surface area (Å²) in [6.45, 7) is 0.213. The van der Waals surface area contributed by atoms with Gasteiger partial charge in [0, 0.05) is 6.54 Å². The Balaban J connectivity index is 1.46. The summed E-state index contributed by atoms with van der Waals surface area (Å²) < 4.78 is 7.09. The van der Waals surface area contributed by atoms with Gasteiger partial charge in [0.25, 0.3) is 0 Å². The molecule has 30 heavy (non-hydrogen) atoms. The molecule has 1 saturated heterocycles. The van der Waals surface area contributed by atoms with Crippen molar-refractivity contribution in [1.82, 2.24) is 19.5 Å². The summed E-state index contributed by atoms with van der Waals surface area (Å²) in [7, 11) is 0. The lowest BCUT2D eigenvalue weighted by Gasteiger charge is -2.16. The van der Waals surface area contributed by atoms with E-state index >= 15 is 0 Å². The molecule has 2 aromatic heterocycles. The number of aromatic nitrogens is 4. The molecule has 10 nitrogen and oxygen atoms in total. The van der Waals surface area contributed by atoms with E-state index in [0.29, 0.717) is 29.9 Å². The molecule has 10 heteroatoms. The van der Waals surface area contributed by atoms with Crippen LogP contribution in [0, 0.1) is 11.3 Å². The minimum Gasteiger partial charge on any atom is -0.394 e. The summed E-state index contributed by atoms with van der Waals surface area (Å²) >= 11 is 0. The van der Waals surface area contributed by atoms with Gasteiger partial charge in [-0.05, 0) is 17.5 Å². The van der Waals surface area contributed by atoms with Gasteiger partial charge in [0.15, 0.2) is 23.2 Å². The van der Waals surface area contributed by atoms with E-state index in [-0.39, 0.29) is 0 Å². The zero-order valence-corrected chi connectivity index (χ0v) is 16.1. The van der Waals surface area contributed by atoms with Gasteiger partial charge in [-0.25, -0.2) is 15.0 Å². The van der Waals surface area contributed by atoms with Crippen molar-refractivity contribution in [3.63, 3.8) is 0 Å². The number of hydrogen-bond acceptors (Lipinski definition) is 9. The van der Waals surface area contributed by atoms with Crippen LogP contribution >= 0.6 is 0 Å². The Hall–Kier alpha value is -3.10. The van der Waals surface area contributed by atoms with Crippen LogP contribution in [0.1, 0.15) is 17.4 Å². The van der Waals surface area contributed by atoms with Crippen LogP contribution in [0.3, 0.4) is 0 Å². The Bertz CT molecular complexity index is 1050. The fraction of sp³-hybridized carbons (Fsp3) is 0.400. The lowest BCUT2D eigenvalue weighted by atomic mass is 10.1. The number of aliphatic hydroxyl groups excluding tert-OH is 3. The first-order chi connectivity index (χ1) is 14.6. The second kappa shape index (κ2) is 8.73. The molecule has 0 saturated carbocycles. The molecule has 0 radical (unpaired) electrons. The molecule has 4 rings (SSSR count). The number of benzene rings is 1. The summed E-state index contributed by atoms with van der Waals surface area (Å²) in [5, 5.41) is 41.5. The Labute approximate surface area is 172 Å². The van der Waals surface area contributed by atoms with Crippen LogP contribution in [0.25, 0.3) is 11.2 Å². The third-order valence-electron chi connectivity index (χ3n) is 5.16. The van der Waals surface area contributed by atoms with Crippen LogP contribution in [0.5, 0.6) is 0 Å². The molecule has 0 aliphatic carbocycles. The van der Waals surface area contributed by atoms with E-state index in [1.54, 1.807) is 0 Å². The van der Waals surface area contributed by atoms with Gasteiger partial charge in [-0.15, -0.1) is 0 Å². The Morgan fingerprint density at radius 3 is 2.57 bits per heavy atom. The number of nitriles is 1. The zero-order chi connectivity index (χ0) is 21.1. The van der Waals surface area contributed by atoms with Gasteiger partial charge in [-0.3, -0.25) is 4.57 Å². The van der Waals surface area contributed by atoms with E-state index in [1.807, 2.05) is 24.3 Å².